The number of carbonyl (C=O) groups is 1. The van der Waals surface area contributed by atoms with Crippen LogP contribution in [0.25, 0.3) is 28.2 Å². The van der Waals surface area contributed by atoms with Crippen LogP contribution in [0.5, 0.6) is 5.75 Å². The summed E-state index contributed by atoms with van der Waals surface area (Å²) in [5.74, 6) is 0.354. The fraction of sp³-hybridized carbons (Fsp3) is 0.258. The van der Waals surface area contributed by atoms with Crippen molar-refractivity contribution in [2.24, 2.45) is 7.05 Å². The van der Waals surface area contributed by atoms with Crippen molar-refractivity contribution >= 4 is 35.3 Å². The predicted molar refractivity (Wildman–Crippen MR) is 156 cm³/mol. The van der Waals surface area contributed by atoms with Crippen molar-refractivity contribution in [3.05, 3.63) is 95.8 Å². The van der Waals surface area contributed by atoms with Gasteiger partial charge in [-0.2, -0.15) is 0 Å². The number of carbonyl (C=O) groups excluding carboxylic acids is 1. The van der Waals surface area contributed by atoms with Gasteiger partial charge in [-0.1, -0.05) is 42.5 Å². The van der Waals surface area contributed by atoms with Gasteiger partial charge in [0.1, 0.15) is 11.6 Å². The number of aryl methyl sites for hydroxylation is 1. The summed E-state index contributed by atoms with van der Waals surface area (Å²) in [7, 11) is 3.69. The second-order valence-electron chi connectivity index (χ2n) is 9.50. The number of ether oxygens (including phenoxy) is 2. The number of aromatic nitrogens is 1. The monoisotopic (exact) mass is 549 g/mol. The van der Waals surface area contributed by atoms with Crippen LogP contribution >= 0.6 is 12.4 Å². The minimum Gasteiger partial charge on any atom is -0.497 e. The highest BCUT2D eigenvalue weighted by molar-refractivity contribution is 6.01. The quantitative estimate of drug-likeness (QED) is 0.297. The average molecular weight is 550 g/mol. The number of methoxy groups -OCH3 is 1. The summed E-state index contributed by atoms with van der Waals surface area (Å²) < 4.78 is 26.7. The molecule has 0 spiro atoms. The van der Waals surface area contributed by atoms with E-state index in [1.807, 2.05) is 49.5 Å². The Balaban J connectivity index is 0.00000353. The fourth-order valence-electron chi connectivity index (χ4n) is 5.02. The van der Waals surface area contributed by atoms with Crippen LogP contribution in [-0.4, -0.2) is 54.8 Å². The van der Waals surface area contributed by atoms with Crippen LogP contribution in [0.4, 0.5) is 4.39 Å². The standard InChI is InChI=1S/C31H32FN3O3.ClH/c1-34-29-14-12-25(37-2)18-28(29)27(31(34)23-6-4-3-5-7-23)13-15-30(36)33-19-26-21-35(16-17-38-26)20-22-8-10-24(32)11-9-22;/h3-15,18,26H,16-17,19-21H2,1-2H3,(H,33,36);1H. The number of morpholine rings is 1. The number of halogens is 2. The lowest BCUT2D eigenvalue weighted by atomic mass is 10.0. The van der Waals surface area contributed by atoms with E-state index in [1.165, 1.54) is 12.1 Å². The molecule has 39 heavy (non-hydrogen) atoms. The minimum absolute atomic E-state index is 0. The molecule has 1 atom stereocenters. The molecule has 1 aliphatic heterocycles. The second kappa shape index (κ2) is 12.9. The molecule has 4 aromatic rings. The highest BCUT2D eigenvalue weighted by Gasteiger charge is 2.21. The van der Waals surface area contributed by atoms with Crippen LogP contribution in [0, 0.1) is 5.82 Å². The van der Waals surface area contributed by atoms with Gasteiger partial charge in [0.25, 0.3) is 0 Å². The molecular formula is C31H33ClFN3O3. The summed E-state index contributed by atoms with van der Waals surface area (Å²) in [4.78, 5) is 15.1. The fourth-order valence-corrected chi connectivity index (χ4v) is 5.02. The Morgan fingerprint density at radius 3 is 2.64 bits per heavy atom. The van der Waals surface area contributed by atoms with E-state index < -0.39 is 0 Å². The molecule has 1 aromatic heterocycles. The number of rotatable bonds is 8. The number of benzene rings is 3. The van der Waals surface area contributed by atoms with E-state index in [0.29, 0.717) is 19.7 Å². The van der Waals surface area contributed by atoms with Crippen molar-refractivity contribution in [3.8, 4) is 17.0 Å². The normalized spacial score (nSPS) is 15.8. The van der Waals surface area contributed by atoms with Crippen LogP contribution in [0.15, 0.2) is 78.9 Å². The van der Waals surface area contributed by atoms with Crippen LogP contribution in [0.2, 0.25) is 0 Å². The Morgan fingerprint density at radius 1 is 1.13 bits per heavy atom. The molecule has 1 amide bonds. The van der Waals surface area contributed by atoms with Gasteiger partial charge in [0, 0.05) is 55.8 Å². The topological polar surface area (TPSA) is 55.7 Å². The van der Waals surface area contributed by atoms with Gasteiger partial charge in [0.05, 0.1) is 25.5 Å². The number of amides is 1. The van der Waals surface area contributed by atoms with Crippen LogP contribution in [-0.2, 0) is 23.1 Å². The lowest BCUT2D eigenvalue weighted by Gasteiger charge is -2.33. The summed E-state index contributed by atoms with van der Waals surface area (Å²) >= 11 is 0. The van der Waals surface area contributed by atoms with E-state index in [-0.39, 0.29) is 30.2 Å². The Kier molecular flexibility index (Phi) is 9.41. The third kappa shape index (κ3) is 6.68. The van der Waals surface area contributed by atoms with Gasteiger partial charge in [-0.05, 0) is 47.5 Å². The van der Waals surface area contributed by atoms with E-state index in [0.717, 1.165) is 52.1 Å². The van der Waals surface area contributed by atoms with Gasteiger partial charge in [-0.15, -0.1) is 12.4 Å². The molecule has 1 aliphatic rings. The highest BCUT2D eigenvalue weighted by Crippen LogP contribution is 2.35. The third-order valence-electron chi connectivity index (χ3n) is 6.94. The molecule has 0 saturated carbocycles. The molecule has 8 heteroatoms. The van der Waals surface area contributed by atoms with Crippen molar-refractivity contribution in [1.29, 1.82) is 0 Å². The highest BCUT2D eigenvalue weighted by atomic mass is 35.5. The molecule has 1 unspecified atom stereocenters. The summed E-state index contributed by atoms with van der Waals surface area (Å²) in [5.41, 5.74) is 5.18. The van der Waals surface area contributed by atoms with Crippen molar-refractivity contribution in [2.75, 3.05) is 33.4 Å². The largest absolute Gasteiger partial charge is 0.497 e. The van der Waals surface area contributed by atoms with Crippen LogP contribution in [0.3, 0.4) is 0 Å². The first-order valence-corrected chi connectivity index (χ1v) is 12.8. The van der Waals surface area contributed by atoms with Crippen molar-refractivity contribution in [2.45, 2.75) is 12.6 Å². The lowest BCUT2D eigenvalue weighted by molar-refractivity contribution is -0.117. The summed E-state index contributed by atoms with van der Waals surface area (Å²) in [6.45, 7) is 3.23. The first kappa shape index (κ1) is 28.4. The second-order valence-corrected chi connectivity index (χ2v) is 9.50. The average Bonchev–Trinajstić information content (AvgIpc) is 3.23. The maximum Gasteiger partial charge on any atom is 0.244 e. The molecule has 6 nitrogen and oxygen atoms in total. The number of nitrogens with one attached hydrogen (secondary N) is 1. The minimum atomic E-state index is -0.233. The Morgan fingerprint density at radius 2 is 1.90 bits per heavy atom. The maximum absolute atomic E-state index is 13.2. The zero-order valence-corrected chi connectivity index (χ0v) is 22.9. The molecule has 5 rings (SSSR count). The van der Waals surface area contributed by atoms with E-state index in [1.54, 1.807) is 25.3 Å². The molecule has 204 valence electrons. The summed E-state index contributed by atoms with van der Waals surface area (Å²) in [6.07, 6.45) is 3.35. The predicted octanol–water partition coefficient (Wildman–Crippen LogP) is 5.45. The Bertz CT molecular complexity index is 1440. The zero-order valence-electron chi connectivity index (χ0n) is 22.1. The first-order valence-electron chi connectivity index (χ1n) is 12.8. The van der Waals surface area contributed by atoms with Gasteiger partial charge in [-0.3, -0.25) is 9.69 Å². The maximum atomic E-state index is 13.2. The van der Waals surface area contributed by atoms with E-state index >= 15 is 0 Å². The first-order chi connectivity index (χ1) is 18.5. The van der Waals surface area contributed by atoms with Crippen molar-refractivity contribution in [1.82, 2.24) is 14.8 Å². The van der Waals surface area contributed by atoms with Crippen LogP contribution < -0.4 is 10.1 Å². The number of hydrogen-bond donors (Lipinski definition) is 1. The van der Waals surface area contributed by atoms with Gasteiger partial charge >= 0.3 is 0 Å². The molecular weight excluding hydrogens is 517 g/mol. The Hall–Kier alpha value is -3.65. The van der Waals surface area contributed by atoms with E-state index in [4.69, 9.17) is 9.47 Å². The van der Waals surface area contributed by atoms with Gasteiger partial charge in [0.2, 0.25) is 5.91 Å². The molecule has 2 heterocycles. The van der Waals surface area contributed by atoms with Gasteiger partial charge in [0.15, 0.2) is 0 Å². The molecule has 3 aromatic carbocycles. The summed E-state index contributed by atoms with van der Waals surface area (Å²) in [6, 6.07) is 22.7. The lowest BCUT2D eigenvalue weighted by Crippen LogP contribution is -2.46. The number of hydrogen-bond acceptors (Lipinski definition) is 4. The molecule has 1 N–H and O–H groups in total. The van der Waals surface area contributed by atoms with Crippen LogP contribution in [0.1, 0.15) is 11.1 Å². The summed E-state index contributed by atoms with van der Waals surface area (Å²) in [5, 5.41) is 4.01. The molecule has 1 saturated heterocycles. The Labute approximate surface area is 234 Å². The van der Waals surface area contributed by atoms with Gasteiger partial charge in [-0.25, -0.2) is 4.39 Å². The van der Waals surface area contributed by atoms with E-state index in [2.05, 4.69) is 26.9 Å². The number of fused-ring (bicyclic) bond motifs is 1. The number of nitrogens with zero attached hydrogens (tertiary/aromatic N) is 2. The molecule has 1 fully saturated rings. The van der Waals surface area contributed by atoms with E-state index in [9.17, 15) is 9.18 Å². The third-order valence-corrected chi connectivity index (χ3v) is 6.94. The molecule has 0 bridgehead atoms. The van der Waals surface area contributed by atoms with Crippen molar-refractivity contribution in [3.63, 3.8) is 0 Å². The van der Waals surface area contributed by atoms with Gasteiger partial charge < -0.3 is 19.4 Å². The van der Waals surface area contributed by atoms with Crippen molar-refractivity contribution < 1.29 is 18.7 Å². The molecule has 0 radical (unpaired) electrons. The molecule has 0 aliphatic carbocycles. The SMILES string of the molecule is COc1ccc2c(c1)c(C=CC(=O)NCC1CN(Cc3ccc(F)cc3)CCO1)c(-c1ccccc1)n2C.Cl. The smallest absolute Gasteiger partial charge is 0.244 e. The zero-order chi connectivity index (χ0) is 26.5.